The molecule has 8 heteroatoms. The van der Waals surface area contributed by atoms with Gasteiger partial charge in [0.25, 0.3) is 11.5 Å². The first-order valence-electron chi connectivity index (χ1n) is 14.7. The third kappa shape index (κ3) is 5.23. The van der Waals surface area contributed by atoms with Crippen LogP contribution in [0.4, 0.5) is 0 Å². The number of amides is 1. The van der Waals surface area contributed by atoms with E-state index in [1.165, 1.54) is 13.8 Å². The molecule has 1 saturated heterocycles. The van der Waals surface area contributed by atoms with Crippen LogP contribution in [-0.4, -0.2) is 41.5 Å². The summed E-state index contributed by atoms with van der Waals surface area (Å²) in [5.74, 6) is -2.66. The summed E-state index contributed by atoms with van der Waals surface area (Å²) < 4.78 is 113. The maximum atomic E-state index is 13.2. The zero-order valence-electron chi connectivity index (χ0n) is 29.1. The van der Waals surface area contributed by atoms with E-state index >= 15 is 0 Å². The Labute approximate surface area is 226 Å². The van der Waals surface area contributed by atoms with Gasteiger partial charge in [0.2, 0.25) is 0 Å². The number of pyridine rings is 1. The van der Waals surface area contributed by atoms with Gasteiger partial charge in [0, 0.05) is 31.7 Å². The number of carbonyl (C=O) groups excluding carboxylic acids is 1. The van der Waals surface area contributed by atoms with Crippen molar-refractivity contribution < 1.29 is 80.5 Å². The van der Waals surface area contributed by atoms with E-state index in [4.69, 9.17) is 19.2 Å². The molecular formula is C19H26KN3O3S. The zero-order chi connectivity index (χ0) is 31.2. The van der Waals surface area contributed by atoms with E-state index in [1.54, 1.807) is 0 Å². The van der Waals surface area contributed by atoms with E-state index in [0.717, 1.165) is 4.57 Å². The predicted octanol–water partition coefficient (Wildman–Crippen LogP) is -0.673. The molecule has 2 aromatic rings. The van der Waals surface area contributed by atoms with E-state index in [0.29, 0.717) is 11.3 Å². The molecule has 1 amide bonds. The summed E-state index contributed by atoms with van der Waals surface area (Å²) in [4.78, 5) is 26.3. The van der Waals surface area contributed by atoms with Crippen molar-refractivity contribution in [3.05, 3.63) is 27.3 Å². The number of aromatic nitrogens is 1. The molecule has 0 bridgehead atoms. The summed E-state index contributed by atoms with van der Waals surface area (Å²) in [6.45, 7) is -5.67. The fourth-order valence-corrected chi connectivity index (χ4v) is 3.26. The number of nitrogens with one attached hydrogen (secondary N) is 1. The van der Waals surface area contributed by atoms with Gasteiger partial charge in [0.15, 0.2) is 1.41 Å². The molecule has 0 unspecified atom stereocenters. The molecule has 0 aliphatic carbocycles. The van der Waals surface area contributed by atoms with Crippen molar-refractivity contribution >= 4 is 27.5 Å². The minimum atomic E-state index is -3.59. The average molecular weight is 430 g/mol. The first kappa shape index (κ1) is 10.2. The van der Waals surface area contributed by atoms with Crippen LogP contribution in [0.15, 0.2) is 16.2 Å². The van der Waals surface area contributed by atoms with Crippen LogP contribution in [0.25, 0.3) is 10.2 Å². The number of rotatable bonds is 6. The van der Waals surface area contributed by atoms with Crippen molar-refractivity contribution in [2.45, 2.75) is 45.4 Å². The maximum absolute atomic E-state index is 13.2. The van der Waals surface area contributed by atoms with Crippen molar-refractivity contribution in [1.29, 1.82) is 0 Å². The zero-order valence-corrected chi connectivity index (χ0v) is 19.0. The molecule has 0 atom stereocenters. The third-order valence-corrected chi connectivity index (χ3v) is 4.36. The molecule has 0 saturated carbocycles. The second-order valence-electron chi connectivity index (χ2n) is 5.59. The molecule has 1 aliphatic rings. The fourth-order valence-electron chi connectivity index (χ4n) is 2.41. The van der Waals surface area contributed by atoms with Gasteiger partial charge < -0.3 is 15.3 Å². The summed E-state index contributed by atoms with van der Waals surface area (Å²) in [6.07, 6.45) is -11.1. The number of carbonyl (C=O) groups is 1. The van der Waals surface area contributed by atoms with Crippen molar-refractivity contribution in [3.8, 4) is 5.75 Å². The third-order valence-electron chi connectivity index (χ3n) is 3.57. The molecule has 3 heterocycles. The number of nitrogens with zero attached hydrogens (tertiary/aromatic N) is 2. The second kappa shape index (κ2) is 10.5. The first-order valence-corrected chi connectivity index (χ1v) is 8.56. The first-order chi connectivity index (χ1) is 17.8. The topological polar surface area (TPSA) is 77.4 Å². The quantitative estimate of drug-likeness (QED) is 0.618. The van der Waals surface area contributed by atoms with E-state index < -0.39 is 91.8 Å². The molecule has 6 nitrogen and oxygen atoms in total. The van der Waals surface area contributed by atoms with Crippen LogP contribution in [-0.2, 0) is 0 Å². The molecule has 0 radical (unpaired) electrons. The molecule has 1 aliphatic heterocycles. The molecule has 2 aromatic heterocycles. The van der Waals surface area contributed by atoms with Crippen LogP contribution in [0.3, 0.4) is 0 Å². The van der Waals surface area contributed by atoms with Gasteiger partial charge in [-0.25, -0.2) is 0 Å². The van der Waals surface area contributed by atoms with Gasteiger partial charge in [0.1, 0.15) is 4.83 Å². The largest absolute Gasteiger partial charge is 1.00 e. The van der Waals surface area contributed by atoms with Gasteiger partial charge in [-0.3, -0.25) is 14.2 Å². The summed E-state index contributed by atoms with van der Waals surface area (Å²) >= 11 is 0.604. The Kier molecular flexibility index (Phi) is 3.97. The van der Waals surface area contributed by atoms with Gasteiger partial charge >= 0.3 is 51.4 Å². The molecule has 3 rings (SSSR count). The number of fused-ring (bicyclic) bond motifs is 1. The van der Waals surface area contributed by atoms with Crippen LogP contribution in [0.1, 0.15) is 73.6 Å². The smallest absolute Gasteiger partial charge is 0.871 e. The molecule has 0 aromatic carbocycles. The minimum Gasteiger partial charge on any atom is -0.871 e. The Morgan fingerprint density at radius 2 is 2.19 bits per heavy atom. The van der Waals surface area contributed by atoms with Gasteiger partial charge in [-0.1, -0.05) is 12.1 Å². The number of piperidine rings is 1. The SMILES string of the molecule is [2H]c1sc2c(c1[2H])c([O-])c(C(=O)N([2H])CCCN1C([2H])([2H])C([2H])([2H])C([2H])([2H])C([2H])([2H])C1([2H])[2H])c(=O)n2C([2H])(C)C.[K+]. The molecule has 142 valence electrons. The number of hydrogen-bond donors (Lipinski definition) is 1. The normalized spacial score (nSPS) is 32.4. The number of thiophene rings is 1. The van der Waals surface area contributed by atoms with E-state index in [-0.39, 0.29) is 71.8 Å². The van der Waals surface area contributed by atoms with Crippen molar-refractivity contribution in [2.75, 3.05) is 26.1 Å². The number of hydrogen-bond acceptors (Lipinski definition) is 5. The van der Waals surface area contributed by atoms with Crippen LogP contribution in [0, 0.1) is 0 Å². The van der Waals surface area contributed by atoms with Crippen LogP contribution >= 0.6 is 11.3 Å². The Hall–Kier alpha value is -0.224. The second-order valence-corrected chi connectivity index (χ2v) is 6.39. The molecular weight excluding hydrogens is 389 g/mol. The van der Waals surface area contributed by atoms with Crippen LogP contribution < -0.4 is 67.4 Å². The fraction of sp³-hybridized carbons (Fsp3) is 0.579. The maximum Gasteiger partial charge on any atom is 1.00 e. The number of likely N-dealkylation sites (tertiary alicyclic amines) is 1. The van der Waals surface area contributed by atoms with Crippen LogP contribution in [0.5, 0.6) is 5.75 Å². The summed E-state index contributed by atoms with van der Waals surface area (Å²) in [5.41, 5.74) is -2.30. The molecule has 0 spiro atoms. The van der Waals surface area contributed by atoms with Crippen LogP contribution in [0.2, 0.25) is 1.41 Å². The molecule has 1 fully saturated rings. The van der Waals surface area contributed by atoms with E-state index in [1.807, 2.05) is 0 Å². The predicted molar refractivity (Wildman–Crippen MR) is 103 cm³/mol. The Balaban J connectivity index is 0.00000588. The summed E-state index contributed by atoms with van der Waals surface area (Å²) in [7, 11) is 0. The van der Waals surface area contributed by atoms with E-state index in [2.05, 4.69) is 0 Å². The van der Waals surface area contributed by atoms with Crippen molar-refractivity contribution in [1.82, 2.24) is 14.8 Å². The Morgan fingerprint density at radius 3 is 2.85 bits per heavy atom. The van der Waals surface area contributed by atoms with Crippen molar-refractivity contribution in [3.63, 3.8) is 0 Å². The van der Waals surface area contributed by atoms with Gasteiger partial charge in [-0.2, -0.15) is 0 Å². The standard InChI is InChI=1S/C19H27N3O3S.K/c1-13(2)22-18(25)15(16(23)14-7-12-26-19(14)22)17(24)20-8-6-11-21-9-4-3-5-10-21;/h7,12-13,23H,3-6,8-11H2,1-2H3,(H,20,24);/q;+1/p-1/i3D2,4D2,5D2,7D,9D2,10D2,12D,13D;/hD. The van der Waals surface area contributed by atoms with Gasteiger partial charge in [-0.15, -0.1) is 11.3 Å². The van der Waals surface area contributed by atoms with Gasteiger partial charge in [0.05, 0.1) is 9.68 Å². The van der Waals surface area contributed by atoms with E-state index in [9.17, 15) is 14.7 Å². The summed E-state index contributed by atoms with van der Waals surface area (Å²) in [6, 6.07) is -2.30. The Morgan fingerprint density at radius 1 is 1.48 bits per heavy atom. The minimum absolute atomic E-state index is 0. The van der Waals surface area contributed by atoms with Gasteiger partial charge in [-0.05, 0) is 64.0 Å². The monoisotopic (exact) mass is 429 g/mol. The summed E-state index contributed by atoms with van der Waals surface area (Å²) in [5, 5.41) is 12.4. The average Bonchev–Trinajstić information content (AvgIpc) is 3.07. The van der Waals surface area contributed by atoms with Crippen molar-refractivity contribution in [2.24, 2.45) is 0 Å². The molecule has 1 N–H and O–H groups in total. The Bertz CT molecular complexity index is 1390. The molecule has 27 heavy (non-hydrogen) atoms.